The smallest absolute Gasteiger partial charge is 0.316 e. The normalized spacial score (nSPS) is 15.5. The highest BCUT2D eigenvalue weighted by Gasteiger charge is 2.37. The van der Waals surface area contributed by atoms with Crippen LogP contribution in [-0.4, -0.2) is 59.7 Å². The van der Waals surface area contributed by atoms with Crippen LogP contribution in [0.2, 0.25) is 0 Å². The summed E-state index contributed by atoms with van der Waals surface area (Å²) in [6.07, 6.45) is 1.38. The zero-order valence-corrected chi connectivity index (χ0v) is 24.3. The van der Waals surface area contributed by atoms with Crippen LogP contribution in [0.4, 0.5) is 4.39 Å². The van der Waals surface area contributed by atoms with Gasteiger partial charge in [-0.25, -0.2) is 4.39 Å². The number of nitrogens with one attached hydrogen (secondary N) is 2. The second-order valence-electron chi connectivity index (χ2n) is 11.4. The van der Waals surface area contributed by atoms with Gasteiger partial charge in [0.25, 0.3) is 0 Å². The van der Waals surface area contributed by atoms with Gasteiger partial charge in [-0.2, -0.15) is 0 Å². The van der Waals surface area contributed by atoms with Crippen molar-refractivity contribution >= 4 is 29.6 Å². The van der Waals surface area contributed by atoms with Gasteiger partial charge in [-0.15, -0.1) is 0 Å². The van der Waals surface area contributed by atoms with Crippen molar-refractivity contribution in [2.24, 2.45) is 11.1 Å². The fourth-order valence-corrected chi connectivity index (χ4v) is 4.49. The van der Waals surface area contributed by atoms with Crippen LogP contribution in [0, 0.1) is 11.2 Å². The van der Waals surface area contributed by atoms with Crippen LogP contribution < -0.4 is 21.1 Å². The van der Waals surface area contributed by atoms with Crippen molar-refractivity contribution in [3.8, 4) is 5.75 Å². The number of carbonyl (C=O) groups excluding carboxylic acids is 5. The summed E-state index contributed by atoms with van der Waals surface area (Å²) in [7, 11) is 0. The lowest BCUT2D eigenvalue weighted by Crippen LogP contribution is -2.54. The van der Waals surface area contributed by atoms with Crippen LogP contribution >= 0.6 is 0 Å². The first-order chi connectivity index (χ1) is 19.8. The molecule has 4 N–H and O–H groups in total. The third-order valence-electron chi connectivity index (χ3n) is 6.88. The Morgan fingerprint density at radius 2 is 1.64 bits per heavy atom. The van der Waals surface area contributed by atoms with Crippen molar-refractivity contribution < 1.29 is 33.1 Å². The van der Waals surface area contributed by atoms with Crippen molar-refractivity contribution in [2.75, 3.05) is 13.1 Å². The molecule has 2 aromatic rings. The molecule has 226 valence electrons. The Balaban J connectivity index is 1.59. The number of esters is 1. The van der Waals surface area contributed by atoms with E-state index in [2.05, 4.69) is 10.6 Å². The number of likely N-dealkylation sites (tertiary alicyclic amines) is 1. The standard InChI is InChI=1S/C31H39FN4O6/c1-31(2,3)30(41)42-23-12-8-20(9-13-23)16-17-34-28(39)25-5-4-18-36(25)29(40)24(35-27(38)15-14-26(33)37)19-21-6-10-22(32)11-7-21/h6-13,24-25H,4-5,14-19H2,1-3H3,(H2,33,37)(H,34,39)(H,35,38)/t24-,25-/m0/s1. The molecule has 4 amide bonds. The molecule has 10 nitrogen and oxygen atoms in total. The maximum Gasteiger partial charge on any atom is 0.316 e. The quantitative estimate of drug-likeness (QED) is 0.259. The van der Waals surface area contributed by atoms with Crippen molar-refractivity contribution in [1.82, 2.24) is 15.5 Å². The molecular weight excluding hydrogens is 543 g/mol. The molecule has 2 aromatic carbocycles. The van der Waals surface area contributed by atoms with Gasteiger partial charge in [0.1, 0.15) is 23.7 Å². The summed E-state index contributed by atoms with van der Waals surface area (Å²) in [5, 5.41) is 5.56. The molecule has 1 heterocycles. The average Bonchev–Trinajstić information content (AvgIpc) is 3.43. The number of hydrogen-bond acceptors (Lipinski definition) is 6. The summed E-state index contributed by atoms with van der Waals surface area (Å²) in [6.45, 7) is 6.02. The molecule has 11 heteroatoms. The summed E-state index contributed by atoms with van der Waals surface area (Å²) in [5.41, 5.74) is 6.09. The molecule has 0 unspecified atom stereocenters. The van der Waals surface area contributed by atoms with Crippen LogP contribution in [-0.2, 0) is 36.8 Å². The minimum Gasteiger partial charge on any atom is -0.426 e. The Morgan fingerprint density at radius 1 is 1.00 bits per heavy atom. The van der Waals surface area contributed by atoms with Gasteiger partial charge < -0.3 is 26.0 Å². The Hall–Kier alpha value is -4.28. The fraction of sp³-hybridized carbons (Fsp3) is 0.452. The monoisotopic (exact) mass is 582 g/mol. The molecule has 1 aliphatic rings. The SMILES string of the molecule is CC(C)(C)C(=O)Oc1ccc(CCNC(=O)[C@@H]2CCCN2C(=O)[C@H](Cc2ccc(F)cc2)NC(=O)CCC(N)=O)cc1. The van der Waals surface area contributed by atoms with Crippen LogP contribution in [0.1, 0.15) is 57.6 Å². The predicted octanol–water partition coefficient (Wildman–Crippen LogP) is 2.42. The predicted molar refractivity (Wildman–Crippen MR) is 153 cm³/mol. The van der Waals surface area contributed by atoms with E-state index in [1.165, 1.54) is 29.2 Å². The van der Waals surface area contributed by atoms with Gasteiger partial charge in [0.2, 0.25) is 23.6 Å². The zero-order chi connectivity index (χ0) is 30.9. The van der Waals surface area contributed by atoms with Gasteiger partial charge in [0, 0.05) is 32.4 Å². The van der Waals surface area contributed by atoms with Gasteiger partial charge in [0.15, 0.2) is 0 Å². The second kappa shape index (κ2) is 14.6. The van der Waals surface area contributed by atoms with E-state index in [1.54, 1.807) is 32.9 Å². The van der Waals surface area contributed by atoms with Gasteiger partial charge >= 0.3 is 5.97 Å². The topological polar surface area (TPSA) is 148 Å². The minimum atomic E-state index is -1.00. The van der Waals surface area contributed by atoms with Crippen LogP contribution in [0.3, 0.4) is 0 Å². The number of halogens is 1. The fourth-order valence-electron chi connectivity index (χ4n) is 4.49. The molecular formula is C31H39FN4O6. The summed E-state index contributed by atoms with van der Waals surface area (Å²) in [5.74, 6) is -2.19. The van der Waals surface area contributed by atoms with E-state index < -0.39 is 41.0 Å². The number of benzene rings is 2. The van der Waals surface area contributed by atoms with E-state index in [9.17, 15) is 28.4 Å². The van der Waals surface area contributed by atoms with E-state index in [-0.39, 0.29) is 31.1 Å². The molecule has 42 heavy (non-hydrogen) atoms. The molecule has 1 aliphatic heterocycles. The highest BCUT2D eigenvalue weighted by Crippen LogP contribution is 2.21. The van der Waals surface area contributed by atoms with Gasteiger partial charge in [-0.1, -0.05) is 24.3 Å². The van der Waals surface area contributed by atoms with Crippen LogP contribution in [0.5, 0.6) is 5.75 Å². The Kier molecular flexibility index (Phi) is 11.2. The molecule has 3 rings (SSSR count). The number of primary amides is 1. The lowest BCUT2D eigenvalue weighted by atomic mass is 9.97. The summed E-state index contributed by atoms with van der Waals surface area (Å²) >= 11 is 0. The number of hydrogen-bond donors (Lipinski definition) is 3. The van der Waals surface area contributed by atoms with Crippen molar-refractivity contribution in [2.45, 2.75) is 71.4 Å². The summed E-state index contributed by atoms with van der Waals surface area (Å²) < 4.78 is 18.8. The van der Waals surface area contributed by atoms with Crippen molar-refractivity contribution in [3.05, 3.63) is 65.5 Å². The van der Waals surface area contributed by atoms with Crippen molar-refractivity contribution in [3.63, 3.8) is 0 Å². The molecule has 1 saturated heterocycles. The van der Waals surface area contributed by atoms with E-state index in [1.807, 2.05) is 12.1 Å². The number of ether oxygens (including phenoxy) is 1. The molecule has 1 fully saturated rings. The van der Waals surface area contributed by atoms with Gasteiger partial charge in [-0.05, 0) is 75.4 Å². The van der Waals surface area contributed by atoms with Crippen LogP contribution in [0.25, 0.3) is 0 Å². The van der Waals surface area contributed by atoms with Gasteiger partial charge in [0.05, 0.1) is 5.41 Å². The third kappa shape index (κ3) is 9.67. The lowest BCUT2D eigenvalue weighted by Gasteiger charge is -2.29. The maximum atomic E-state index is 13.6. The first-order valence-corrected chi connectivity index (χ1v) is 14.0. The molecule has 0 bridgehead atoms. The first kappa shape index (κ1) is 32.2. The molecule has 0 saturated carbocycles. The Labute approximate surface area is 245 Å². The third-order valence-corrected chi connectivity index (χ3v) is 6.88. The van der Waals surface area contributed by atoms with E-state index >= 15 is 0 Å². The summed E-state index contributed by atoms with van der Waals surface area (Å²) in [4.78, 5) is 63.8. The number of rotatable bonds is 12. The number of nitrogens with zero attached hydrogens (tertiary/aromatic N) is 1. The highest BCUT2D eigenvalue weighted by atomic mass is 19.1. The van der Waals surface area contributed by atoms with E-state index in [0.29, 0.717) is 43.7 Å². The maximum absolute atomic E-state index is 13.6. The highest BCUT2D eigenvalue weighted by molar-refractivity contribution is 5.93. The van der Waals surface area contributed by atoms with Gasteiger partial charge in [-0.3, -0.25) is 24.0 Å². The average molecular weight is 583 g/mol. The molecule has 0 aliphatic carbocycles. The Bertz CT molecular complexity index is 1270. The zero-order valence-electron chi connectivity index (χ0n) is 24.3. The molecule has 0 radical (unpaired) electrons. The van der Waals surface area contributed by atoms with Crippen molar-refractivity contribution in [1.29, 1.82) is 0 Å². The summed E-state index contributed by atoms with van der Waals surface area (Å²) in [6, 6.07) is 10.9. The largest absolute Gasteiger partial charge is 0.426 e. The second-order valence-corrected chi connectivity index (χ2v) is 11.4. The number of amides is 4. The number of carbonyl (C=O) groups is 5. The van der Waals surface area contributed by atoms with E-state index in [0.717, 1.165) is 5.56 Å². The van der Waals surface area contributed by atoms with E-state index in [4.69, 9.17) is 10.5 Å². The minimum absolute atomic E-state index is 0.0906. The molecule has 0 spiro atoms. The lowest BCUT2D eigenvalue weighted by molar-refractivity contribution is -0.143. The Morgan fingerprint density at radius 3 is 2.26 bits per heavy atom. The number of nitrogens with two attached hydrogens (primary N) is 1. The molecule has 0 aromatic heterocycles. The first-order valence-electron chi connectivity index (χ1n) is 14.0. The molecule has 2 atom stereocenters. The van der Waals surface area contributed by atoms with Crippen LogP contribution in [0.15, 0.2) is 48.5 Å².